The first kappa shape index (κ1) is 19.3. The number of ether oxygens (including phenoxy) is 4. The molecule has 3 aromatic rings. The Labute approximate surface area is 184 Å². The molecule has 1 atom stereocenters. The fourth-order valence-corrected chi connectivity index (χ4v) is 3.93. The Kier molecular flexibility index (Phi) is 4.78. The molecule has 7 heteroatoms. The number of allylic oxidation sites excluding steroid dienone is 1. The summed E-state index contributed by atoms with van der Waals surface area (Å²) in [5.74, 6) is 1.75. The molecule has 7 nitrogen and oxygen atoms in total. The first-order chi connectivity index (χ1) is 15.7. The minimum atomic E-state index is -0.513. The minimum Gasteiger partial charge on any atom is -0.489 e. The predicted octanol–water partition coefficient (Wildman–Crippen LogP) is 4.08. The molecule has 2 heterocycles. The number of nitrogens with zero attached hydrogens (tertiary/aromatic N) is 2. The number of nitriles is 2. The van der Waals surface area contributed by atoms with Gasteiger partial charge in [0.1, 0.15) is 29.7 Å². The van der Waals surface area contributed by atoms with E-state index in [0.717, 1.165) is 16.7 Å². The van der Waals surface area contributed by atoms with Crippen LogP contribution in [0.5, 0.6) is 23.0 Å². The summed E-state index contributed by atoms with van der Waals surface area (Å²) in [4.78, 5) is 0. The Morgan fingerprint density at radius 1 is 0.906 bits per heavy atom. The van der Waals surface area contributed by atoms with Crippen LogP contribution in [-0.2, 0) is 6.61 Å². The molecule has 0 spiro atoms. The molecule has 2 N–H and O–H groups in total. The van der Waals surface area contributed by atoms with Crippen molar-refractivity contribution in [2.75, 3.05) is 6.79 Å². The minimum absolute atomic E-state index is 0.0356. The first-order valence-electron chi connectivity index (χ1n) is 9.90. The highest BCUT2D eigenvalue weighted by atomic mass is 16.7. The molecule has 0 aliphatic carbocycles. The molecule has 0 unspecified atom stereocenters. The van der Waals surface area contributed by atoms with Gasteiger partial charge in [0.05, 0.1) is 17.6 Å². The lowest BCUT2D eigenvalue weighted by Crippen LogP contribution is -2.21. The lowest BCUT2D eigenvalue weighted by Gasteiger charge is -2.28. The van der Waals surface area contributed by atoms with Crippen LogP contribution in [0.15, 0.2) is 72.1 Å². The number of rotatable bonds is 4. The van der Waals surface area contributed by atoms with Crippen molar-refractivity contribution in [1.82, 2.24) is 0 Å². The van der Waals surface area contributed by atoms with Gasteiger partial charge in [-0.05, 0) is 18.2 Å². The highest BCUT2D eigenvalue weighted by molar-refractivity contribution is 5.63. The van der Waals surface area contributed by atoms with Crippen LogP contribution in [0.2, 0.25) is 0 Å². The molecule has 0 saturated heterocycles. The van der Waals surface area contributed by atoms with Crippen molar-refractivity contribution >= 4 is 0 Å². The lowest BCUT2D eigenvalue weighted by atomic mass is 9.83. The fourth-order valence-electron chi connectivity index (χ4n) is 3.93. The van der Waals surface area contributed by atoms with Crippen molar-refractivity contribution < 1.29 is 18.9 Å². The Bertz CT molecular complexity index is 1330. The molecule has 0 amide bonds. The van der Waals surface area contributed by atoms with Gasteiger partial charge < -0.3 is 24.7 Å². The second-order valence-electron chi connectivity index (χ2n) is 7.26. The molecule has 2 aliphatic rings. The number of benzene rings is 3. The average Bonchev–Trinajstić information content (AvgIpc) is 3.28. The predicted molar refractivity (Wildman–Crippen MR) is 114 cm³/mol. The highest BCUT2D eigenvalue weighted by Crippen LogP contribution is 2.49. The largest absolute Gasteiger partial charge is 0.489 e. The van der Waals surface area contributed by atoms with Gasteiger partial charge in [0.2, 0.25) is 12.7 Å². The fraction of sp³-hybridized carbons (Fsp3) is 0.120. The number of nitrogens with two attached hydrogens (primary N) is 1. The molecule has 0 bridgehead atoms. The number of fused-ring (bicyclic) bond motifs is 2. The van der Waals surface area contributed by atoms with E-state index in [0.29, 0.717) is 28.6 Å². The second kappa shape index (κ2) is 7.90. The summed E-state index contributed by atoms with van der Waals surface area (Å²) in [6.45, 7) is 0.327. The maximum absolute atomic E-state index is 9.88. The van der Waals surface area contributed by atoms with Gasteiger partial charge in [0.15, 0.2) is 11.5 Å². The summed E-state index contributed by atoms with van der Waals surface area (Å²) < 4.78 is 22.9. The average molecular weight is 423 g/mol. The van der Waals surface area contributed by atoms with E-state index in [1.165, 1.54) is 0 Å². The van der Waals surface area contributed by atoms with Crippen LogP contribution in [0.4, 0.5) is 0 Å². The van der Waals surface area contributed by atoms with Crippen LogP contribution in [0.25, 0.3) is 0 Å². The second-order valence-corrected chi connectivity index (χ2v) is 7.26. The number of hydrogen-bond acceptors (Lipinski definition) is 7. The summed E-state index contributed by atoms with van der Waals surface area (Å²) in [5.41, 5.74) is 9.21. The molecule has 0 fully saturated rings. The molecule has 0 radical (unpaired) electrons. The van der Waals surface area contributed by atoms with Crippen LogP contribution in [0.3, 0.4) is 0 Å². The quantitative estimate of drug-likeness (QED) is 0.673. The van der Waals surface area contributed by atoms with E-state index in [2.05, 4.69) is 12.1 Å². The Morgan fingerprint density at radius 3 is 2.47 bits per heavy atom. The highest BCUT2D eigenvalue weighted by Gasteiger charge is 2.34. The molecule has 32 heavy (non-hydrogen) atoms. The van der Waals surface area contributed by atoms with Crippen LogP contribution < -0.4 is 24.7 Å². The summed E-state index contributed by atoms with van der Waals surface area (Å²) in [5, 5.41) is 19.2. The third kappa shape index (κ3) is 3.23. The molecule has 3 aromatic carbocycles. The summed E-state index contributed by atoms with van der Waals surface area (Å²) in [7, 11) is 0. The third-order valence-electron chi connectivity index (χ3n) is 5.46. The van der Waals surface area contributed by atoms with Crippen molar-refractivity contribution in [3.63, 3.8) is 0 Å². The van der Waals surface area contributed by atoms with E-state index in [1.54, 1.807) is 12.1 Å². The van der Waals surface area contributed by atoms with Crippen LogP contribution >= 0.6 is 0 Å². The molecule has 5 rings (SSSR count). The summed E-state index contributed by atoms with van der Waals surface area (Å²) in [6, 6.07) is 22.6. The van der Waals surface area contributed by atoms with Crippen LogP contribution in [0.1, 0.15) is 28.2 Å². The van der Waals surface area contributed by atoms with Gasteiger partial charge in [-0.15, -0.1) is 0 Å². The topological polar surface area (TPSA) is 111 Å². The van der Waals surface area contributed by atoms with E-state index < -0.39 is 5.92 Å². The van der Waals surface area contributed by atoms with Crippen molar-refractivity contribution in [3.05, 3.63) is 94.4 Å². The molecular weight excluding hydrogens is 406 g/mol. The standard InChI is InChI=1S/C25H17N3O4/c26-11-15-5-1-2-6-16(15)13-29-20-8-4-3-7-17(20)24-18-9-22-23(31-14-30-22)10-21(18)32-25(28)19(24)12-27/h1-10,24H,13-14,28H2/t24-/m0/s1. The van der Waals surface area contributed by atoms with Crippen molar-refractivity contribution in [2.24, 2.45) is 5.73 Å². The lowest BCUT2D eigenvalue weighted by molar-refractivity contribution is 0.174. The van der Waals surface area contributed by atoms with Gasteiger partial charge in [-0.1, -0.05) is 36.4 Å². The maximum Gasteiger partial charge on any atom is 0.231 e. The smallest absolute Gasteiger partial charge is 0.231 e. The van der Waals surface area contributed by atoms with Crippen LogP contribution in [0, 0.1) is 22.7 Å². The summed E-state index contributed by atoms with van der Waals surface area (Å²) >= 11 is 0. The van der Waals surface area contributed by atoms with Gasteiger partial charge in [-0.3, -0.25) is 0 Å². The van der Waals surface area contributed by atoms with Gasteiger partial charge in [-0.2, -0.15) is 10.5 Å². The van der Waals surface area contributed by atoms with Gasteiger partial charge in [-0.25, -0.2) is 0 Å². The van der Waals surface area contributed by atoms with Crippen molar-refractivity contribution in [3.8, 4) is 35.1 Å². The molecule has 2 aliphatic heterocycles. The normalized spacial score (nSPS) is 15.9. The van der Waals surface area contributed by atoms with E-state index in [-0.39, 0.29) is 24.9 Å². The van der Waals surface area contributed by atoms with Crippen LogP contribution in [-0.4, -0.2) is 6.79 Å². The molecule has 156 valence electrons. The number of para-hydroxylation sites is 1. The molecule has 0 saturated carbocycles. The Hall–Kier alpha value is -4.62. The first-order valence-corrected chi connectivity index (χ1v) is 9.90. The van der Waals surface area contributed by atoms with E-state index >= 15 is 0 Å². The zero-order valence-corrected chi connectivity index (χ0v) is 16.9. The Morgan fingerprint density at radius 2 is 1.66 bits per heavy atom. The van der Waals surface area contributed by atoms with E-state index in [4.69, 9.17) is 24.7 Å². The SMILES string of the molecule is N#CC1=C(N)Oc2cc3c(cc2[C@@H]1c1ccccc1OCc1ccccc1C#N)OCO3. The van der Waals surface area contributed by atoms with Crippen molar-refractivity contribution in [2.45, 2.75) is 12.5 Å². The zero-order valence-electron chi connectivity index (χ0n) is 16.9. The third-order valence-corrected chi connectivity index (χ3v) is 5.46. The van der Waals surface area contributed by atoms with Crippen molar-refractivity contribution in [1.29, 1.82) is 10.5 Å². The Balaban J connectivity index is 1.58. The summed E-state index contributed by atoms with van der Waals surface area (Å²) in [6.07, 6.45) is 0. The monoisotopic (exact) mass is 423 g/mol. The van der Waals surface area contributed by atoms with E-state index in [9.17, 15) is 10.5 Å². The maximum atomic E-state index is 9.88. The molecular formula is C25H17N3O4. The zero-order chi connectivity index (χ0) is 22.1. The van der Waals surface area contributed by atoms with Gasteiger partial charge in [0, 0.05) is 22.8 Å². The van der Waals surface area contributed by atoms with Gasteiger partial charge in [0.25, 0.3) is 0 Å². The van der Waals surface area contributed by atoms with E-state index in [1.807, 2.05) is 48.5 Å². The number of hydrogen-bond donors (Lipinski definition) is 1. The molecule has 0 aromatic heterocycles. The van der Waals surface area contributed by atoms with Gasteiger partial charge >= 0.3 is 0 Å².